The van der Waals surface area contributed by atoms with Crippen LogP contribution >= 0.6 is 0 Å². The Balaban J connectivity index is 2.90. The number of aliphatic imine (C=N–C) groups is 1. The molecule has 4 nitrogen and oxygen atoms in total. The molecule has 4 heteroatoms. The molecule has 1 heterocycles. The molecule has 0 radical (unpaired) electrons. The molecule has 0 amide bonds. The number of allylic oxidation sites excluding steroid dienone is 1. The predicted molar refractivity (Wildman–Crippen MR) is 58.6 cm³/mol. The van der Waals surface area contributed by atoms with E-state index < -0.39 is 0 Å². The van der Waals surface area contributed by atoms with Crippen molar-refractivity contribution in [2.24, 2.45) is 4.99 Å². The Hall–Kier alpha value is -1.47. The molecule has 14 heavy (non-hydrogen) atoms. The van der Waals surface area contributed by atoms with Gasteiger partial charge in [-0.2, -0.15) is 0 Å². The molecule has 0 aliphatic carbocycles. The van der Waals surface area contributed by atoms with Crippen LogP contribution in [0.2, 0.25) is 0 Å². The Kier molecular flexibility index (Phi) is 4.02. The zero-order chi connectivity index (χ0) is 10.4. The lowest BCUT2D eigenvalue weighted by Gasteiger charge is -2.25. The average molecular weight is 192 g/mol. The van der Waals surface area contributed by atoms with Gasteiger partial charge >= 0.3 is 0 Å². The zero-order valence-electron chi connectivity index (χ0n) is 8.83. The summed E-state index contributed by atoms with van der Waals surface area (Å²) in [6.45, 7) is 0. The van der Waals surface area contributed by atoms with Crippen molar-refractivity contribution in [3.8, 4) is 11.8 Å². The van der Waals surface area contributed by atoms with Gasteiger partial charge in [-0.25, -0.2) is 5.43 Å². The number of likely N-dealkylation sites (N-methyl/N-ethyl adjacent to an activating group) is 1. The van der Waals surface area contributed by atoms with Crippen molar-refractivity contribution in [1.82, 2.24) is 15.8 Å². The topological polar surface area (TPSA) is 39.7 Å². The number of hydrogen-bond donors (Lipinski definition) is 2. The molecule has 1 aliphatic heterocycles. The van der Waals surface area contributed by atoms with Crippen LogP contribution in [-0.2, 0) is 0 Å². The molecule has 1 rings (SSSR count). The second-order valence-corrected chi connectivity index (χ2v) is 2.80. The molecule has 0 aromatic heterocycles. The lowest BCUT2D eigenvalue weighted by atomic mass is 10.2. The first kappa shape index (κ1) is 10.6. The van der Waals surface area contributed by atoms with Gasteiger partial charge in [0.2, 0.25) is 0 Å². The quantitative estimate of drug-likeness (QED) is 0.366. The number of rotatable bonds is 2. The third-order valence-corrected chi connectivity index (χ3v) is 2.02. The molecule has 0 saturated heterocycles. The summed E-state index contributed by atoms with van der Waals surface area (Å²) in [6.07, 6.45) is 4.78. The molecule has 1 unspecified atom stereocenters. The highest BCUT2D eigenvalue weighted by Gasteiger charge is 2.17. The van der Waals surface area contributed by atoms with E-state index in [0.717, 1.165) is 12.3 Å². The van der Waals surface area contributed by atoms with E-state index in [0.29, 0.717) is 0 Å². The minimum absolute atomic E-state index is 0.0336. The van der Waals surface area contributed by atoms with Gasteiger partial charge < -0.3 is 5.32 Å². The third kappa shape index (κ3) is 2.27. The number of nitrogens with one attached hydrogen (secondary N) is 2. The van der Waals surface area contributed by atoms with Gasteiger partial charge in [-0.1, -0.05) is 17.9 Å². The Bertz CT molecular complexity index is 295. The fourth-order valence-electron chi connectivity index (χ4n) is 1.31. The monoisotopic (exact) mass is 192 g/mol. The molecule has 0 spiro atoms. The molecule has 0 fully saturated rings. The van der Waals surface area contributed by atoms with Crippen molar-refractivity contribution >= 4 is 5.84 Å². The van der Waals surface area contributed by atoms with Gasteiger partial charge in [-0.05, 0) is 0 Å². The largest absolute Gasteiger partial charge is 0.374 e. The number of hydrazine groups is 1. The second kappa shape index (κ2) is 5.30. The van der Waals surface area contributed by atoms with E-state index in [4.69, 9.17) is 0 Å². The summed E-state index contributed by atoms with van der Waals surface area (Å²) in [5.41, 5.74) is 3.07. The van der Waals surface area contributed by atoms with Crippen LogP contribution in [0.15, 0.2) is 17.3 Å². The Labute approximate surface area is 85.1 Å². The predicted octanol–water partition coefficient (Wildman–Crippen LogP) is -0.0401. The molecular formula is C10H16N4. The summed E-state index contributed by atoms with van der Waals surface area (Å²) in [5.74, 6) is 7.07. The third-order valence-electron chi connectivity index (χ3n) is 2.02. The van der Waals surface area contributed by atoms with Crippen LogP contribution in [0.1, 0.15) is 6.42 Å². The van der Waals surface area contributed by atoms with Crippen LogP contribution in [0.4, 0.5) is 0 Å². The molecule has 0 aromatic rings. The maximum atomic E-state index is 4.16. The normalized spacial score (nSPS) is 21.2. The molecule has 76 valence electrons. The van der Waals surface area contributed by atoms with E-state index in [1.54, 1.807) is 7.05 Å². The second-order valence-electron chi connectivity index (χ2n) is 2.80. The van der Waals surface area contributed by atoms with Crippen LogP contribution in [0.5, 0.6) is 0 Å². The standard InChI is InChI=1S/C10H16N4/c1-11-10(12-2)9-7-5-4-6-8-14(9)13-3/h6,8-9,13H,4H2,1-3H3,(H,11,12). The Morgan fingerprint density at radius 3 is 2.93 bits per heavy atom. The van der Waals surface area contributed by atoms with Gasteiger partial charge in [0.25, 0.3) is 0 Å². The van der Waals surface area contributed by atoms with E-state index in [1.165, 1.54) is 0 Å². The molecule has 0 bridgehead atoms. The molecule has 1 atom stereocenters. The maximum Gasteiger partial charge on any atom is 0.162 e. The van der Waals surface area contributed by atoms with Crippen molar-refractivity contribution in [2.45, 2.75) is 12.5 Å². The van der Waals surface area contributed by atoms with Crippen molar-refractivity contribution in [2.75, 3.05) is 21.1 Å². The molecule has 1 aliphatic rings. The van der Waals surface area contributed by atoms with Crippen LogP contribution in [0, 0.1) is 11.8 Å². The molecule has 0 aromatic carbocycles. The summed E-state index contributed by atoms with van der Waals surface area (Å²) >= 11 is 0. The first-order valence-corrected chi connectivity index (χ1v) is 4.58. The number of hydrogen-bond acceptors (Lipinski definition) is 3. The highest BCUT2D eigenvalue weighted by molar-refractivity contribution is 5.90. The van der Waals surface area contributed by atoms with Gasteiger partial charge in [0, 0.05) is 33.8 Å². The molecule has 2 N–H and O–H groups in total. The lowest BCUT2D eigenvalue weighted by molar-refractivity contribution is 0.299. The van der Waals surface area contributed by atoms with E-state index in [2.05, 4.69) is 27.6 Å². The van der Waals surface area contributed by atoms with Gasteiger partial charge in [-0.3, -0.25) is 10.0 Å². The summed E-state index contributed by atoms with van der Waals surface area (Å²) in [6, 6.07) is -0.0336. The first-order valence-electron chi connectivity index (χ1n) is 4.58. The molecular weight excluding hydrogens is 176 g/mol. The van der Waals surface area contributed by atoms with Gasteiger partial charge in [0.1, 0.15) is 5.84 Å². The van der Waals surface area contributed by atoms with Crippen molar-refractivity contribution < 1.29 is 0 Å². The Morgan fingerprint density at radius 1 is 1.57 bits per heavy atom. The minimum Gasteiger partial charge on any atom is -0.374 e. The van der Waals surface area contributed by atoms with Crippen LogP contribution in [-0.4, -0.2) is 38.0 Å². The smallest absolute Gasteiger partial charge is 0.162 e. The van der Waals surface area contributed by atoms with E-state index in [1.807, 2.05) is 31.4 Å². The van der Waals surface area contributed by atoms with Crippen LogP contribution in [0.25, 0.3) is 0 Å². The van der Waals surface area contributed by atoms with Crippen LogP contribution < -0.4 is 10.7 Å². The Morgan fingerprint density at radius 2 is 2.36 bits per heavy atom. The maximum absolute atomic E-state index is 4.16. The number of amidine groups is 1. The number of nitrogens with zero attached hydrogens (tertiary/aromatic N) is 2. The van der Waals surface area contributed by atoms with Crippen LogP contribution in [0.3, 0.4) is 0 Å². The highest BCUT2D eigenvalue weighted by atomic mass is 15.5. The van der Waals surface area contributed by atoms with Crippen molar-refractivity contribution in [3.63, 3.8) is 0 Å². The summed E-state index contributed by atoms with van der Waals surface area (Å²) < 4.78 is 0. The SMILES string of the molecule is CN=C(NC)C1C#CCC=CN1NC. The van der Waals surface area contributed by atoms with E-state index in [-0.39, 0.29) is 6.04 Å². The fourth-order valence-corrected chi connectivity index (χ4v) is 1.31. The summed E-state index contributed by atoms with van der Waals surface area (Å²) in [7, 11) is 5.48. The minimum atomic E-state index is -0.0336. The summed E-state index contributed by atoms with van der Waals surface area (Å²) in [5, 5.41) is 4.97. The van der Waals surface area contributed by atoms with E-state index >= 15 is 0 Å². The lowest BCUT2D eigenvalue weighted by Crippen LogP contribution is -2.47. The molecule has 0 saturated carbocycles. The zero-order valence-corrected chi connectivity index (χ0v) is 8.83. The first-order chi connectivity index (χ1) is 6.83. The van der Waals surface area contributed by atoms with Crippen molar-refractivity contribution in [1.29, 1.82) is 0 Å². The average Bonchev–Trinajstić information content (AvgIpc) is 2.45. The van der Waals surface area contributed by atoms with Gasteiger partial charge in [0.15, 0.2) is 6.04 Å². The van der Waals surface area contributed by atoms with Crippen molar-refractivity contribution in [3.05, 3.63) is 12.3 Å². The summed E-state index contributed by atoms with van der Waals surface area (Å²) in [4.78, 5) is 4.16. The van der Waals surface area contributed by atoms with E-state index in [9.17, 15) is 0 Å². The highest BCUT2D eigenvalue weighted by Crippen LogP contribution is 2.01. The van der Waals surface area contributed by atoms with Gasteiger partial charge in [0.05, 0.1) is 0 Å². The van der Waals surface area contributed by atoms with Gasteiger partial charge in [-0.15, -0.1) is 0 Å². The fraction of sp³-hybridized carbons (Fsp3) is 0.500.